The predicted molar refractivity (Wildman–Crippen MR) is 114 cm³/mol. The molecule has 2 aliphatic carbocycles. The molecule has 28 heavy (non-hydrogen) atoms. The van der Waals surface area contributed by atoms with Crippen molar-refractivity contribution in [2.45, 2.75) is 90.9 Å². The molecule has 2 saturated heterocycles. The first-order valence-electron chi connectivity index (χ1n) is 11.7. The van der Waals surface area contributed by atoms with E-state index in [0.29, 0.717) is 35.5 Å². The van der Waals surface area contributed by atoms with Crippen molar-refractivity contribution >= 4 is 5.96 Å². The molecule has 2 heterocycles. The molecule has 0 aromatic rings. The fourth-order valence-corrected chi connectivity index (χ4v) is 6.57. The van der Waals surface area contributed by atoms with Crippen LogP contribution in [0.25, 0.3) is 0 Å². The lowest BCUT2D eigenvalue weighted by Gasteiger charge is -2.57. The Hall–Kier alpha value is -0.810. The molecule has 4 rings (SSSR count). The van der Waals surface area contributed by atoms with E-state index in [0.717, 1.165) is 38.7 Å². The highest BCUT2D eigenvalue weighted by Crippen LogP contribution is 2.60. The third-order valence-corrected chi connectivity index (χ3v) is 7.70. The van der Waals surface area contributed by atoms with Crippen LogP contribution in [0.5, 0.6) is 0 Å². The van der Waals surface area contributed by atoms with Gasteiger partial charge in [0.2, 0.25) is 0 Å². The molecule has 2 saturated carbocycles. The Morgan fingerprint density at radius 3 is 2.57 bits per heavy atom. The maximum Gasteiger partial charge on any atom is 0.191 e. The van der Waals surface area contributed by atoms with E-state index in [4.69, 9.17) is 14.5 Å². The zero-order chi connectivity index (χ0) is 19.8. The van der Waals surface area contributed by atoms with Crippen LogP contribution in [0.15, 0.2) is 4.99 Å². The topological polar surface area (TPSA) is 54.9 Å². The van der Waals surface area contributed by atoms with E-state index in [2.05, 4.69) is 38.3 Å². The van der Waals surface area contributed by atoms with Crippen LogP contribution in [0.1, 0.15) is 72.6 Å². The van der Waals surface area contributed by atoms with Gasteiger partial charge in [-0.3, -0.25) is 4.99 Å². The zero-order valence-electron chi connectivity index (χ0n) is 18.4. The number of hydrogen-bond acceptors (Lipinski definition) is 3. The van der Waals surface area contributed by atoms with Gasteiger partial charge in [-0.15, -0.1) is 0 Å². The summed E-state index contributed by atoms with van der Waals surface area (Å²) in [7, 11) is 0. The Morgan fingerprint density at radius 2 is 1.86 bits per heavy atom. The van der Waals surface area contributed by atoms with Gasteiger partial charge in [0, 0.05) is 49.6 Å². The lowest BCUT2D eigenvalue weighted by molar-refractivity contribution is -0.125. The first-order valence-corrected chi connectivity index (χ1v) is 11.7. The summed E-state index contributed by atoms with van der Waals surface area (Å²) in [5.74, 6) is 2.18. The molecule has 0 aromatic heterocycles. The van der Waals surface area contributed by atoms with Crippen molar-refractivity contribution in [2.75, 3.05) is 26.3 Å². The number of ether oxygens (including phenoxy) is 2. The van der Waals surface area contributed by atoms with E-state index >= 15 is 0 Å². The molecule has 4 fully saturated rings. The smallest absolute Gasteiger partial charge is 0.191 e. The first-order chi connectivity index (χ1) is 13.5. The second kappa shape index (κ2) is 8.14. The molecule has 0 amide bonds. The van der Waals surface area contributed by atoms with Crippen LogP contribution in [0.2, 0.25) is 0 Å². The van der Waals surface area contributed by atoms with Crippen LogP contribution in [0, 0.1) is 22.7 Å². The van der Waals surface area contributed by atoms with Crippen molar-refractivity contribution in [1.29, 1.82) is 0 Å². The Morgan fingerprint density at radius 1 is 1.07 bits per heavy atom. The average Bonchev–Trinajstić information content (AvgIpc) is 3.32. The minimum absolute atomic E-state index is 0.169. The molecule has 5 atom stereocenters. The number of hydrogen-bond donors (Lipinski definition) is 2. The molecule has 5 heteroatoms. The number of rotatable bonds is 4. The van der Waals surface area contributed by atoms with E-state index in [1.807, 2.05) is 0 Å². The summed E-state index contributed by atoms with van der Waals surface area (Å²) in [5.41, 5.74) is 0.530. The van der Waals surface area contributed by atoms with Crippen molar-refractivity contribution in [1.82, 2.24) is 10.6 Å². The minimum Gasteiger partial charge on any atom is -0.377 e. The van der Waals surface area contributed by atoms with Gasteiger partial charge < -0.3 is 20.1 Å². The highest BCUT2D eigenvalue weighted by molar-refractivity contribution is 5.80. The van der Waals surface area contributed by atoms with Gasteiger partial charge in [0.1, 0.15) is 0 Å². The Bertz CT molecular complexity index is 565. The molecule has 0 bridgehead atoms. The van der Waals surface area contributed by atoms with Crippen LogP contribution in [-0.4, -0.2) is 50.5 Å². The third-order valence-electron chi connectivity index (χ3n) is 7.70. The molecule has 5 unspecified atom stereocenters. The molecule has 0 radical (unpaired) electrons. The van der Waals surface area contributed by atoms with Crippen molar-refractivity contribution < 1.29 is 9.47 Å². The molecule has 2 aliphatic heterocycles. The van der Waals surface area contributed by atoms with Gasteiger partial charge in [0.15, 0.2) is 5.96 Å². The minimum atomic E-state index is 0.169. The Labute approximate surface area is 171 Å². The molecule has 2 N–H and O–H groups in total. The summed E-state index contributed by atoms with van der Waals surface area (Å²) >= 11 is 0. The summed E-state index contributed by atoms with van der Waals surface area (Å²) in [6, 6.07) is 0.529. The van der Waals surface area contributed by atoms with Crippen LogP contribution in [0.4, 0.5) is 0 Å². The first kappa shape index (κ1) is 20.5. The van der Waals surface area contributed by atoms with Gasteiger partial charge >= 0.3 is 0 Å². The fourth-order valence-electron chi connectivity index (χ4n) is 6.57. The lowest BCUT2D eigenvalue weighted by atomic mass is 9.54. The summed E-state index contributed by atoms with van der Waals surface area (Å²) in [6.45, 7) is 12.6. The second-order valence-corrected chi connectivity index (χ2v) is 10.6. The number of fused-ring (bicyclic) bond motifs is 2. The standard InChI is InChI=1S/C23H41N3O2/c1-5-24-21(25-15-16-9-8-13-27-19(16)22(2,3)4)26-18-17-10-14-28-20(17)23(18)11-6-7-12-23/h16-20H,5-15H2,1-4H3,(H2,24,25,26). The molecule has 160 valence electrons. The SMILES string of the molecule is CCNC(=NCC1CCCOC1C(C)(C)C)NC1C2CCOC2C12CCCC2. The van der Waals surface area contributed by atoms with E-state index < -0.39 is 0 Å². The third kappa shape index (κ3) is 3.69. The number of aliphatic imine (C=N–C) groups is 1. The van der Waals surface area contributed by atoms with E-state index in [1.54, 1.807) is 0 Å². The second-order valence-electron chi connectivity index (χ2n) is 10.6. The molecular weight excluding hydrogens is 350 g/mol. The van der Waals surface area contributed by atoms with E-state index in [1.165, 1.54) is 38.5 Å². The quantitative estimate of drug-likeness (QED) is 0.566. The van der Waals surface area contributed by atoms with Crippen LogP contribution in [-0.2, 0) is 9.47 Å². The Balaban J connectivity index is 1.45. The molecule has 0 aromatic carbocycles. The number of nitrogens with zero attached hydrogens (tertiary/aromatic N) is 1. The van der Waals surface area contributed by atoms with Crippen molar-refractivity contribution in [3.8, 4) is 0 Å². The van der Waals surface area contributed by atoms with Crippen LogP contribution in [0.3, 0.4) is 0 Å². The van der Waals surface area contributed by atoms with Gasteiger partial charge in [0.05, 0.1) is 12.2 Å². The summed E-state index contributed by atoms with van der Waals surface area (Å²) in [6.07, 6.45) is 9.70. The lowest BCUT2D eigenvalue weighted by Crippen LogP contribution is -2.69. The van der Waals surface area contributed by atoms with Crippen molar-refractivity contribution in [3.05, 3.63) is 0 Å². The van der Waals surface area contributed by atoms with Crippen molar-refractivity contribution in [2.24, 2.45) is 27.7 Å². The zero-order valence-corrected chi connectivity index (χ0v) is 18.4. The number of nitrogens with one attached hydrogen (secondary N) is 2. The van der Waals surface area contributed by atoms with Crippen LogP contribution >= 0.6 is 0 Å². The predicted octanol–water partition coefficient (Wildman–Crippen LogP) is 3.73. The largest absolute Gasteiger partial charge is 0.377 e. The van der Waals surface area contributed by atoms with Gasteiger partial charge in [0.25, 0.3) is 0 Å². The van der Waals surface area contributed by atoms with Gasteiger partial charge in [-0.1, -0.05) is 33.6 Å². The van der Waals surface area contributed by atoms with E-state index in [-0.39, 0.29) is 5.41 Å². The van der Waals surface area contributed by atoms with E-state index in [9.17, 15) is 0 Å². The normalized spacial score (nSPS) is 37.6. The van der Waals surface area contributed by atoms with Crippen LogP contribution < -0.4 is 10.6 Å². The molecule has 5 nitrogen and oxygen atoms in total. The number of guanidine groups is 1. The highest BCUT2D eigenvalue weighted by Gasteiger charge is 2.65. The van der Waals surface area contributed by atoms with Gasteiger partial charge in [-0.25, -0.2) is 0 Å². The molecule has 4 aliphatic rings. The fraction of sp³-hybridized carbons (Fsp3) is 0.957. The molecule has 1 spiro atoms. The summed E-state index contributed by atoms with van der Waals surface area (Å²) in [4.78, 5) is 5.07. The average molecular weight is 392 g/mol. The summed E-state index contributed by atoms with van der Waals surface area (Å²) in [5, 5.41) is 7.39. The summed E-state index contributed by atoms with van der Waals surface area (Å²) < 4.78 is 12.3. The maximum absolute atomic E-state index is 6.17. The van der Waals surface area contributed by atoms with Crippen molar-refractivity contribution in [3.63, 3.8) is 0 Å². The molecular formula is C23H41N3O2. The highest BCUT2D eigenvalue weighted by atomic mass is 16.5. The maximum atomic E-state index is 6.17. The van der Waals surface area contributed by atoms with Gasteiger partial charge in [-0.05, 0) is 44.4 Å². The van der Waals surface area contributed by atoms with Gasteiger partial charge in [-0.2, -0.15) is 0 Å². The monoisotopic (exact) mass is 391 g/mol. The Kier molecular flexibility index (Phi) is 5.95.